The molecule has 2 N–H and O–H groups in total. The Kier molecular flexibility index (Phi) is 4.55. The van der Waals surface area contributed by atoms with Gasteiger partial charge in [-0.15, -0.1) is 11.6 Å². The molecule has 8 heteroatoms. The van der Waals surface area contributed by atoms with Gasteiger partial charge in [-0.2, -0.15) is 0 Å². The molecule has 0 aliphatic carbocycles. The predicted molar refractivity (Wildman–Crippen MR) is 82.9 cm³/mol. The van der Waals surface area contributed by atoms with Crippen LogP contribution in [0, 0.1) is 0 Å². The second-order valence-electron chi connectivity index (χ2n) is 4.28. The number of halogens is 2. The molecule has 0 radical (unpaired) electrons. The van der Waals surface area contributed by atoms with Gasteiger partial charge in [0.1, 0.15) is 0 Å². The van der Waals surface area contributed by atoms with Gasteiger partial charge in [-0.3, -0.25) is 0 Å². The molecule has 1 saturated heterocycles. The molecule has 1 aromatic rings. The van der Waals surface area contributed by atoms with Crippen molar-refractivity contribution in [3.05, 3.63) is 29.3 Å². The van der Waals surface area contributed by atoms with Gasteiger partial charge < -0.3 is 10.6 Å². The van der Waals surface area contributed by atoms with Crippen LogP contribution in [0.5, 0.6) is 0 Å². The van der Waals surface area contributed by atoms with E-state index in [9.17, 15) is 8.42 Å². The third-order valence-electron chi connectivity index (χ3n) is 2.72. The van der Waals surface area contributed by atoms with Crippen molar-refractivity contribution < 1.29 is 8.42 Å². The monoisotopic (exact) mass is 338 g/mol. The molecule has 104 valence electrons. The highest BCUT2D eigenvalue weighted by molar-refractivity contribution is 7.91. The smallest absolute Gasteiger partial charge is 0.171 e. The van der Waals surface area contributed by atoms with E-state index in [0.29, 0.717) is 15.8 Å². The summed E-state index contributed by atoms with van der Waals surface area (Å²) in [7, 11) is -3.08. The van der Waals surface area contributed by atoms with Crippen molar-refractivity contribution in [2.45, 2.75) is 11.4 Å². The largest absolute Gasteiger partial charge is 0.357 e. The van der Waals surface area contributed by atoms with E-state index in [1.54, 1.807) is 12.1 Å². The summed E-state index contributed by atoms with van der Waals surface area (Å²) in [4.78, 5) is 0. The van der Waals surface area contributed by atoms with Gasteiger partial charge in [0.05, 0.1) is 33.6 Å². The van der Waals surface area contributed by atoms with Crippen LogP contribution in [-0.4, -0.2) is 36.5 Å². The molecule has 1 aromatic carbocycles. The highest BCUT2D eigenvalue weighted by Crippen LogP contribution is 2.21. The minimum absolute atomic E-state index is 0.00842. The Morgan fingerprint density at radius 3 is 2.58 bits per heavy atom. The summed E-state index contributed by atoms with van der Waals surface area (Å²) in [5.41, 5.74) is 0.661. The lowest BCUT2D eigenvalue weighted by Gasteiger charge is -2.17. The fourth-order valence-corrected chi connectivity index (χ4v) is 4.82. The van der Waals surface area contributed by atoms with Crippen molar-refractivity contribution in [3.8, 4) is 0 Å². The fraction of sp³-hybridized carbons (Fsp3) is 0.364. The maximum atomic E-state index is 11.4. The van der Waals surface area contributed by atoms with Gasteiger partial charge in [0.15, 0.2) is 14.9 Å². The molecule has 0 spiro atoms. The van der Waals surface area contributed by atoms with E-state index in [1.807, 2.05) is 12.1 Å². The summed E-state index contributed by atoms with van der Waals surface area (Å²) in [6.45, 7) is 0. The van der Waals surface area contributed by atoms with Crippen molar-refractivity contribution in [2.75, 3.05) is 16.8 Å². The number of hydrogen-bond donors (Lipinski definition) is 2. The minimum atomic E-state index is -3.08. The number of benzene rings is 1. The quantitative estimate of drug-likeness (QED) is 0.638. The van der Waals surface area contributed by atoms with Gasteiger partial charge in [-0.1, -0.05) is 23.7 Å². The SMILES string of the molecule is O=S1(=O)C[C@H](Cl)[C@H](NC(=S)Nc2ccccc2Cl)C1. The van der Waals surface area contributed by atoms with Gasteiger partial charge in [-0.25, -0.2) is 8.42 Å². The summed E-state index contributed by atoms with van der Waals surface area (Å²) in [6, 6.07) is 6.76. The summed E-state index contributed by atoms with van der Waals surface area (Å²) < 4.78 is 22.9. The number of sulfone groups is 1. The highest BCUT2D eigenvalue weighted by Gasteiger charge is 2.36. The van der Waals surface area contributed by atoms with Crippen molar-refractivity contribution in [1.82, 2.24) is 5.32 Å². The number of alkyl halides is 1. The zero-order valence-electron chi connectivity index (χ0n) is 9.77. The molecular formula is C11H12Cl2N2O2S2. The minimum Gasteiger partial charge on any atom is -0.357 e. The number of anilines is 1. The van der Waals surface area contributed by atoms with Crippen molar-refractivity contribution in [2.24, 2.45) is 0 Å². The third kappa shape index (κ3) is 3.95. The summed E-state index contributed by atoms with van der Waals surface area (Å²) >= 11 is 17.1. The van der Waals surface area contributed by atoms with Crippen LogP contribution >= 0.6 is 35.4 Å². The van der Waals surface area contributed by atoms with Crippen molar-refractivity contribution in [1.29, 1.82) is 0 Å². The second kappa shape index (κ2) is 5.83. The van der Waals surface area contributed by atoms with E-state index in [0.717, 1.165) is 0 Å². The van der Waals surface area contributed by atoms with E-state index < -0.39 is 15.2 Å². The number of hydrogen-bond acceptors (Lipinski definition) is 3. The molecule has 19 heavy (non-hydrogen) atoms. The molecule has 1 fully saturated rings. The maximum absolute atomic E-state index is 11.4. The highest BCUT2D eigenvalue weighted by atomic mass is 35.5. The first kappa shape index (κ1) is 14.8. The Labute approximate surface area is 127 Å². The number of thiocarbonyl (C=S) groups is 1. The zero-order chi connectivity index (χ0) is 14.0. The average molecular weight is 339 g/mol. The van der Waals surface area contributed by atoms with Crippen molar-refractivity contribution >= 4 is 56.1 Å². The molecular weight excluding hydrogens is 327 g/mol. The Bertz CT molecular complexity index is 592. The molecule has 0 amide bonds. The molecule has 2 rings (SSSR count). The van der Waals surface area contributed by atoms with Crippen LogP contribution in [0.2, 0.25) is 5.02 Å². The molecule has 0 unspecified atom stereocenters. The van der Waals surface area contributed by atoms with Crippen LogP contribution in [0.3, 0.4) is 0 Å². The lowest BCUT2D eigenvalue weighted by Crippen LogP contribution is -2.42. The van der Waals surface area contributed by atoms with E-state index in [2.05, 4.69) is 10.6 Å². The average Bonchev–Trinajstić information content (AvgIpc) is 2.55. The van der Waals surface area contributed by atoms with E-state index in [1.165, 1.54) is 0 Å². The maximum Gasteiger partial charge on any atom is 0.171 e. The molecule has 4 nitrogen and oxygen atoms in total. The molecule has 0 bridgehead atoms. The first-order valence-electron chi connectivity index (χ1n) is 5.54. The molecule has 1 heterocycles. The first-order valence-corrected chi connectivity index (χ1v) is 8.58. The lowest BCUT2D eigenvalue weighted by molar-refractivity contribution is 0.600. The molecule has 0 aromatic heterocycles. The van der Waals surface area contributed by atoms with E-state index >= 15 is 0 Å². The van der Waals surface area contributed by atoms with Crippen LogP contribution in [0.4, 0.5) is 5.69 Å². The first-order chi connectivity index (χ1) is 8.87. The summed E-state index contributed by atoms with van der Waals surface area (Å²) in [5.74, 6) is -0.0353. The standard InChI is InChI=1S/C11H12Cl2N2O2S2/c12-7-3-1-2-4-9(7)14-11(18)15-10-6-19(16,17)5-8(10)13/h1-4,8,10H,5-6H2,(H2,14,15,18)/t8-,10+/m0/s1. The topological polar surface area (TPSA) is 58.2 Å². The van der Waals surface area contributed by atoms with E-state index in [4.69, 9.17) is 35.4 Å². The van der Waals surface area contributed by atoms with Crippen LogP contribution < -0.4 is 10.6 Å². The van der Waals surface area contributed by atoms with Gasteiger partial charge >= 0.3 is 0 Å². The fourth-order valence-electron chi connectivity index (χ4n) is 1.83. The van der Waals surface area contributed by atoms with E-state index in [-0.39, 0.29) is 17.5 Å². The molecule has 1 aliphatic heterocycles. The van der Waals surface area contributed by atoms with Gasteiger partial charge in [0, 0.05) is 0 Å². The second-order valence-corrected chi connectivity index (χ2v) is 7.81. The lowest BCUT2D eigenvalue weighted by atomic mass is 10.2. The summed E-state index contributed by atoms with van der Waals surface area (Å²) in [6.07, 6.45) is 0. The molecule has 1 aliphatic rings. The summed E-state index contributed by atoms with van der Waals surface area (Å²) in [5, 5.41) is 6.20. The molecule has 0 saturated carbocycles. The zero-order valence-corrected chi connectivity index (χ0v) is 12.9. The predicted octanol–water partition coefficient (Wildman–Crippen LogP) is 2.03. The number of nitrogens with one attached hydrogen (secondary N) is 2. The van der Waals surface area contributed by atoms with Crippen molar-refractivity contribution in [3.63, 3.8) is 0 Å². The number of rotatable bonds is 2. The Morgan fingerprint density at radius 1 is 1.32 bits per heavy atom. The Morgan fingerprint density at radius 2 is 2.00 bits per heavy atom. The third-order valence-corrected chi connectivity index (χ3v) is 5.65. The van der Waals surface area contributed by atoms with Gasteiger partial charge in [-0.05, 0) is 24.4 Å². The van der Waals surface area contributed by atoms with Crippen LogP contribution in [0.15, 0.2) is 24.3 Å². The van der Waals surface area contributed by atoms with Gasteiger partial charge in [0.2, 0.25) is 0 Å². The van der Waals surface area contributed by atoms with Crippen LogP contribution in [-0.2, 0) is 9.84 Å². The van der Waals surface area contributed by atoms with Crippen LogP contribution in [0.25, 0.3) is 0 Å². The normalized spacial score (nSPS) is 24.9. The Hall–Kier alpha value is -0.560. The Balaban J connectivity index is 1.98. The van der Waals surface area contributed by atoms with Crippen LogP contribution in [0.1, 0.15) is 0 Å². The van der Waals surface area contributed by atoms with Gasteiger partial charge in [0.25, 0.3) is 0 Å². The number of para-hydroxylation sites is 1. The molecule has 2 atom stereocenters.